The Labute approximate surface area is 81.8 Å². The van der Waals surface area contributed by atoms with Crippen molar-refractivity contribution in [3.63, 3.8) is 0 Å². The molecule has 0 N–H and O–H groups in total. The summed E-state index contributed by atoms with van der Waals surface area (Å²) < 4.78 is 5.25. The molecule has 1 aliphatic rings. The first-order valence-electron chi connectivity index (χ1n) is 5.08. The molecule has 0 aromatic rings. The molecule has 0 atom stereocenters. The van der Waals surface area contributed by atoms with Crippen LogP contribution in [0.3, 0.4) is 0 Å². The molecule has 1 rings (SSSR count). The normalized spacial score (nSPS) is 20.5. The van der Waals surface area contributed by atoms with Crippen molar-refractivity contribution in [3.8, 4) is 0 Å². The summed E-state index contributed by atoms with van der Waals surface area (Å²) >= 11 is 0. The lowest BCUT2D eigenvalue weighted by Gasteiger charge is -2.26. The molecule has 0 amide bonds. The van der Waals surface area contributed by atoms with Crippen LogP contribution in [0.1, 0.15) is 6.42 Å². The maximum Gasteiger partial charge on any atom is 0.231 e. The van der Waals surface area contributed by atoms with Gasteiger partial charge in [-0.2, -0.15) is 0 Å². The maximum atomic E-state index is 11.4. The number of hydrogen-bond donors (Lipinski definition) is 0. The fourth-order valence-electron chi connectivity index (χ4n) is 1.55. The highest BCUT2D eigenvalue weighted by Crippen LogP contribution is 2.09. The molecule has 0 aromatic heterocycles. The molecule has 0 aromatic carbocycles. The molecule has 0 spiro atoms. The lowest BCUT2D eigenvalue weighted by molar-refractivity contribution is 0.0378. The van der Waals surface area contributed by atoms with Crippen molar-refractivity contribution >= 4 is 8.32 Å². The van der Waals surface area contributed by atoms with Crippen LogP contribution < -0.4 is 0 Å². The van der Waals surface area contributed by atoms with E-state index < -0.39 is 8.32 Å². The Morgan fingerprint density at radius 2 is 1.92 bits per heavy atom. The Balaban J connectivity index is 2.04. The minimum Gasteiger partial charge on any atom is -0.379 e. The summed E-state index contributed by atoms with van der Waals surface area (Å²) in [6, 6.07) is 0.907. The van der Waals surface area contributed by atoms with E-state index in [1.165, 1.54) is 0 Å². The van der Waals surface area contributed by atoms with Gasteiger partial charge in [0.25, 0.3) is 0 Å². The van der Waals surface area contributed by atoms with Crippen molar-refractivity contribution in [2.24, 2.45) is 0 Å². The quantitative estimate of drug-likeness (QED) is 0.645. The SMILES string of the molecule is C[Si](C)([O])CCCN1CCOCC1. The molecule has 0 bridgehead atoms. The van der Waals surface area contributed by atoms with Gasteiger partial charge in [-0.05, 0) is 32.1 Å². The third-order valence-electron chi connectivity index (χ3n) is 2.36. The summed E-state index contributed by atoms with van der Waals surface area (Å²) in [6.07, 6.45) is 1.07. The van der Waals surface area contributed by atoms with Gasteiger partial charge in [0.1, 0.15) is 0 Å². The minimum atomic E-state index is -2.05. The smallest absolute Gasteiger partial charge is 0.231 e. The molecule has 0 unspecified atom stereocenters. The van der Waals surface area contributed by atoms with E-state index in [-0.39, 0.29) is 0 Å². The van der Waals surface area contributed by atoms with E-state index in [2.05, 4.69) is 4.90 Å². The van der Waals surface area contributed by atoms with E-state index in [1.54, 1.807) is 0 Å². The highest BCUT2D eigenvalue weighted by atomic mass is 28.4. The van der Waals surface area contributed by atoms with Gasteiger partial charge in [-0.25, -0.2) is 0 Å². The zero-order chi connectivity index (χ0) is 9.73. The van der Waals surface area contributed by atoms with Gasteiger partial charge in [0.2, 0.25) is 8.32 Å². The highest BCUT2D eigenvalue weighted by molar-refractivity contribution is 6.69. The molecule has 1 aliphatic heterocycles. The molecule has 1 fully saturated rings. The molecule has 3 nitrogen and oxygen atoms in total. The van der Waals surface area contributed by atoms with Crippen LogP contribution in [0.5, 0.6) is 0 Å². The van der Waals surface area contributed by atoms with Crippen LogP contribution in [0.4, 0.5) is 0 Å². The van der Waals surface area contributed by atoms with Crippen molar-refractivity contribution in [2.75, 3.05) is 32.8 Å². The summed E-state index contributed by atoms with van der Waals surface area (Å²) in [5, 5.41) is 0. The standard InChI is InChI=1S/C9H20NO2Si/c1-13(2,11)9-3-4-10-5-7-12-8-6-10/h3-9H2,1-2H3. The van der Waals surface area contributed by atoms with Gasteiger partial charge in [-0.1, -0.05) is 0 Å². The number of ether oxygens (including phenoxy) is 1. The van der Waals surface area contributed by atoms with E-state index in [4.69, 9.17) is 4.74 Å². The monoisotopic (exact) mass is 202 g/mol. The van der Waals surface area contributed by atoms with Gasteiger partial charge >= 0.3 is 0 Å². The van der Waals surface area contributed by atoms with Gasteiger partial charge in [0, 0.05) is 13.1 Å². The zero-order valence-corrected chi connectivity index (χ0v) is 9.71. The van der Waals surface area contributed by atoms with E-state index in [0.29, 0.717) is 0 Å². The second kappa shape index (κ2) is 5.10. The minimum absolute atomic E-state index is 0.859. The van der Waals surface area contributed by atoms with Gasteiger partial charge in [0.05, 0.1) is 13.2 Å². The molecule has 1 heterocycles. The molecule has 0 saturated carbocycles. The van der Waals surface area contributed by atoms with Gasteiger partial charge in [-0.3, -0.25) is 9.70 Å². The fraction of sp³-hybridized carbons (Fsp3) is 1.00. The number of rotatable bonds is 4. The third kappa shape index (κ3) is 5.41. The molecule has 77 valence electrons. The summed E-state index contributed by atoms with van der Waals surface area (Å²) in [4.78, 5) is 13.8. The predicted octanol–water partition coefficient (Wildman–Crippen LogP) is 1.34. The zero-order valence-electron chi connectivity index (χ0n) is 8.71. The number of hydrogen-bond acceptors (Lipinski definition) is 2. The molecule has 1 radical (unpaired) electrons. The van der Waals surface area contributed by atoms with E-state index in [9.17, 15) is 4.80 Å². The largest absolute Gasteiger partial charge is 0.379 e. The number of nitrogens with zero attached hydrogens (tertiary/aromatic N) is 1. The second-order valence-corrected chi connectivity index (χ2v) is 8.34. The molecular formula is C9H20NO2Si. The molecule has 0 aliphatic carbocycles. The van der Waals surface area contributed by atoms with Crippen LogP contribution in [-0.2, 0) is 9.53 Å². The van der Waals surface area contributed by atoms with E-state index in [0.717, 1.165) is 45.3 Å². The first kappa shape index (κ1) is 11.2. The summed E-state index contributed by atoms with van der Waals surface area (Å²) in [5.41, 5.74) is 0. The van der Waals surface area contributed by atoms with Crippen LogP contribution in [0.25, 0.3) is 0 Å². The molecule has 4 heteroatoms. The Morgan fingerprint density at radius 1 is 1.31 bits per heavy atom. The topological polar surface area (TPSA) is 32.4 Å². The Morgan fingerprint density at radius 3 is 2.46 bits per heavy atom. The third-order valence-corrected chi connectivity index (χ3v) is 3.91. The van der Waals surface area contributed by atoms with Crippen molar-refractivity contribution in [2.45, 2.75) is 25.6 Å². The van der Waals surface area contributed by atoms with Crippen molar-refractivity contribution in [1.29, 1.82) is 0 Å². The second-order valence-electron chi connectivity index (χ2n) is 4.32. The van der Waals surface area contributed by atoms with Crippen molar-refractivity contribution in [3.05, 3.63) is 0 Å². The lowest BCUT2D eigenvalue weighted by Crippen LogP contribution is -2.37. The Kier molecular flexibility index (Phi) is 4.38. The van der Waals surface area contributed by atoms with Crippen molar-refractivity contribution < 1.29 is 9.53 Å². The summed E-state index contributed by atoms with van der Waals surface area (Å²) in [5.74, 6) is 0. The van der Waals surface area contributed by atoms with Crippen LogP contribution in [0.15, 0.2) is 0 Å². The van der Waals surface area contributed by atoms with E-state index >= 15 is 0 Å². The molecular weight excluding hydrogens is 182 g/mol. The maximum absolute atomic E-state index is 11.4. The van der Waals surface area contributed by atoms with Crippen molar-refractivity contribution in [1.82, 2.24) is 4.90 Å². The number of morpholine rings is 1. The Hall–Kier alpha value is 0.0969. The van der Waals surface area contributed by atoms with E-state index in [1.807, 2.05) is 13.1 Å². The van der Waals surface area contributed by atoms with Gasteiger partial charge in [-0.15, -0.1) is 0 Å². The summed E-state index contributed by atoms with van der Waals surface area (Å²) in [6.45, 7) is 8.68. The first-order valence-corrected chi connectivity index (χ1v) is 8.20. The Bertz CT molecular complexity index is 141. The van der Waals surface area contributed by atoms with Crippen LogP contribution in [-0.4, -0.2) is 46.1 Å². The average molecular weight is 202 g/mol. The molecule has 1 saturated heterocycles. The van der Waals surface area contributed by atoms with Crippen LogP contribution in [0.2, 0.25) is 19.1 Å². The van der Waals surface area contributed by atoms with Crippen LogP contribution in [0, 0.1) is 0 Å². The fourth-order valence-corrected chi connectivity index (χ4v) is 2.56. The van der Waals surface area contributed by atoms with Crippen LogP contribution >= 0.6 is 0 Å². The van der Waals surface area contributed by atoms with Gasteiger partial charge in [0.15, 0.2) is 0 Å². The highest BCUT2D eigenvalue weighted by Gasteiger charge is 2.19. The lowest BCUT2D eigenvalue weighted by atomic mass is 10.3. The summed E-state index contributed by atoms with van der Waals surface area (Å²) in [7, 11) is -2.05. The average Bonchev–Trinajstić information content (AvgIpc) is 2.04. The molecule has 13 heavy (non-hydrogen) atoms. The first-order chi connectivity index (χ1) is 6.08. The van der Waals surface area contributed by atoms with Gasteiger partial charge < -0.3 is 4.74 Å². The predicted molar refractivity (Wildman–Crippen MR) is 54.9 cm³/mol.